The van der Waals surface area contributed by atoms with Crippen LogP contribution in [0.2, 0.25) is 0 Å². The molecule has 0 radical (unpaired) electrons. The first-order valence-corrected chi connectivity index (χ1v) is 5.51. The summed E-state index contributed by atoms with van der Waals surface area (Å²) >= 11 is 1.19. The Balaban J connectivity index is 2.61. The van der Waals surface area contributed by atoms with E-state index in [0.29, 0.717) is 11.6 Å². The number of aromatic nitrogens is 1. The van der Waals surface area contributed by atoms with E-state index in [1.54, 1.807) is 6.92 Å². The van der Waals surface area contributed by atoms with Crippen molar-refractivity contribution in [1.29, 1.82) is 0 Å². The van der Waals surface area contributed by atoms with Crippen LogP contribution in [0.1, 0.15) is 23.8 Å². The zero-order valence-corrected chi connectivity index (χ0v) is 9.54. The number of carboxylic acids is 1. The van der Waals surface area contributed by atoms with Crippen LogP contribution in [0, 0.1) is 11.8 Å². The molecule has 86 valence electrons. The maximum Gasteiger partial charge on any atom is 0.355 e. The predicted octanol–water partition coefficient (Wildman–Crippen LogP) is 1.03. The highest BCUT2D eigenvalue weighted by Gasteiger charge is 2.11. The highest BCUT2D eigenvalue weighted by Crippen LogP contribution is 2.16. The molecular formula is C10H12N2O3S. The van der Waals surface area contributed by atoms with E-state index in [0.717, 1.165) is 0 Å². The number of hydrogen-bond acceptors (Lipinski definition) is 5. The Bertz CT molecular complexity index is 419. The molecule has 1 atom stereocenters. The van der Waals surface area contributed by atoms with Crippen LogP contribution in [0.5, 0.6) is 0 Å². The van der Waals surface area contributed by atoms with E-state index < -0.39 is 5.97 Å². The quantitative estimate of drug-likeness (QED) is 0.669. The molecule has 1 unspecified atom stereocenters. The van der Waals surface area contributed by atoms with Crippen molar-refractivity contribution in [3.05, 3.63) is 11.1 Å². The first kappa shape index (κ1) is 12.5. The Morgan fingerprint density at radius 1 is 1.75 bits per heavy atom. The molecule has 1 rings (SSSR count). The predicted molar refractivity (Wildman–Crippen MR) is 61.6 cm³/mol. The van der Waals surface area contributed by atoms with Crippen LogP contribution >= 0.6 is 11.3 Å². The minimum atomic E-state index is -1.06. The highest BCUT2D eigenvalue weighted by atomic mass is 32.1. The molecule has 3 N–H and O–H groups in total. The van der Waals surface area contributed by atoms with Crippen molar-refractivity contribution in [2.45, 2.75) is 19.4 Å². The molecular weight excluding hydrogens is 228 g/mol. The van der Waals surface area contributed by atoms with Crippen LogP contribution in [0.4, 0.5) is 5.13 Å². The minimum Gasteiger partial charge on any atom is -0.476 e. The summed E-state index contributed by atoms with van der Waals surface area (Å²) in [5.74, 6) is 4.51. The molecule has 6 heteroatoms. The average Bonchev–Trinajstić information content (AvgIpc) is 2.72. The molecule has 0 amide bonds. The molecule has 1 aromatic rings. The molecule has 16 heavy (non-hydrogen) atoms. The van der Waals surface area contributed by atoms with Gasteiger partial charge in [0, 0.05) is 11.8 Å². The number of nitrogens with one attached hydrogen (secondary N) is 1. The molecule has 0 spiro atoms. The van der Waals surface area contributed by atoms with Crippen molar-refractivity contribution < 1.29 is 15.0 Å². The van der Waals surface area contributed by atoms with Gasteiger partial charge in [-0.05, 0) is 6.92 Å². The van der Waals surface area contributed by atoms with Crippen molar-refractivity contribution >= 4 is 22.4 Å². The summed E-state index contributed by atoms with van der Waals surface area (Å²) in [6.07, 6.45) is 0.495. The third-order valence-corrected chi connectivity index (χ3v) is 2.57. The van der Waals surface area contributed by atoms with Gasteiger partial charge in [0.05, 0.1) is 12.6 Å². The number of carboxylic acid groups (broad SMARTS) is 1. The third kappa shape index (κ3) is 3.53. The number of carbonyl (C=O) groups is 1. The second kappa shape index (κ2) is 6.10. The number of thiazole rings is 1. The SMILES string of the molecule is CC#CCC(CO)Nc1nc(C(=O)O)cs1. The lowest BCUT2D eigenvalue weighted by atomic mass is 10.2. The Kier molecular flexibility index (Phi) is 4.76. The van der Waals surface area contributed by atoms with Crippen molar-refractivity contribution in [2.75, 3.05) is 11.9 Å². The van der Waals surface area contributed by atoms with Crippen molar-refractivity contribution in [2.24, 2.45) is 0 Å². The van der Waals surface area contributed by atoms with Gasteiger partial charge in [0.2, 0.25) is 0 Å². The second-order valence-electron chi connectivity index (χ2n) is 3.00. The molecule has 0 aliphatic carbocycles. The fourth-order valence-electron chi connectivity index (χ4n) is 0.999. The lowest BCUT2D eigenvalue weighted by molar-refractivity contribution is 0.0691. The smallest absolute Gasteiger partial charge is 0.355 e. The van der Waals surface area contributed by atoms with Gasteiger partial charge in [-0.2, -0.15) is 0 Å². The van der Waals surface area contributed by atoms with E-state index in [2.05, 4.69) is 22.1 Å². The van der Waals surface area contributed by atoms with Gasteiger partial charge in [-0.25, -0.2) is 9.78 Å². The monoisotopic (exact) mass is 240 g/mol. The van der Waals surface area contributed by atoms with Crippen LogP contribution in [0.3, 0.4) is 0 Å². The number of nitrogens with zero attached hydrogens (tertiary/aromatic N) is 1. The lowest BCUT2D eigenvalue weighted by Gasteiger charge is -2.11. The molecule has 1 heterocycles. The largest absolute Gasteiger partial charge is 0.476 e. The highest BCUT2D eigenvalue weighted by molar-refractivity contribution is 7.13. The molecule has 0 saturated carbocycles. The zero-order valence-electron chi connectivity index (χ0n) is 8.73. The molecule has 1 aromatic heterocycles. The van der Waals surface area contributed by atoms with Gasteiger partial charge in [-0.3, -0.25) is 0 Å². The summed E-state index contributed by atoms with van der Waals surface area (Å²) in [6.45, 7) is 1.65. The Labute approximate surface area is 97.1 Å². The molecule has 0 bridgehead atoms. The second-order valence-corrected chi connectivity index (χ2v) is 3.86. The number of anilines is 1. The van der Waals surface area contributed by atoms with Gasteiger partial charge in [0.15, 0.2) is 10.8 Å². The Morgan fingerprint density at radius 3 is 3.00 bits per heavy atom. The standard InChI is InChI=1S/C10H12N2O3S/c1-2-3-4-7(5-13)11-10-12-8(6-16-10)9(14)15/h6-7,13H,4-5H2,1H3,(H,11,12)(H,14,15). The fourth-order valence-corrected chi connectivity index (χ4v) is 1.76. The summed E-state index contributed by atoms with van der Waals surface area (Å²) in [5.41, 5.74) is 0.00534. The molecule has 0 aliphatic rings. The number of aliphatic hydroxyl groups is 1. The summed E-state index contributed by atoms with van der Waals surface area (Å²) in [6, 6.07) is -0.222. The summed E-state index contributed by atoms with van der Waals surface area (Å²) < 4.78 is 0. The van der Waals surface area contributed by atoms with Crippen molar-refractivity contribution in [1.82, 2.24) is 4.98 Å². The average molecular weight is 240 g/mol. The van der Waals surface area contributed by atoms with E-state index in [4.69, 9.17) is 10.2 Å². The Morgan fingerprint density at radius 2 is 2.50 bits per heavy atom. The summed E-state index contributed by atoms with van der Waals surface area (Å²) in [5, 5.41) is 22.6. The zero-order chi connectivity index (χ0) is 12.0. The number of hydrogen-bond donors (Lipinski definition) is 3. The van der Waals surface area contributed by atoms with Gasteiger partial charge < -0.3 is 15.5 Å². The van der Waals surface area contributed by atoms with Crippen molar-refractivity contribution in [3.63, 3.8) is 0 Å². The van der Waals surface area contributed by atoms with Gasteiger partial charge in [-0.15, -0.1) is 23.2 Å². The maximum absolute atomic E-state index is 10.6. The minimum absolute atomic E-state index is 0.00534. The van der Waals surface area contributed by atoms with Gasteiger partial charge in [-0.1, -0.05) is 0 Å². The van der Waals surface area contributed by atoms with Crippen LogP contribution in [0.25, 0.3) is 0 Å². The molecule has 0 fully saturated rings. The van der Waals surface area contributed by atoms with E-state index in [1.165, 1.54) is 16.7 Å². The van der Waals surface area contributed by atoms with Crippen LogP contribution < -0.4 is 5.32 Å². The molecule has 5 nitrogen and oxygen atoms in total. The normalized spacial score (nSPS) is 11.4. The van der Waals surface area contributed by atoms with E-state index in [1.807, 2.05) is 0 Å². The van der Waals surface area contributed by atoms with E-state index in [9.17, 15) is 4.79 Å². The summed E-state index contributed by atoms with van der Waals surface area (Å²) in [4.78, 5) is 14.4. The fraction of sp³-hybridized carbons (Fsp3) is 0.400. The summed E-state index contributed by atoms with van der Waals surface area (Å²) in [7, 11) is 0. The van der Waals surface area contributed by atoms with Crippen LogP contribution in [0.15, 0.2) is 5.38 Å². The van der Waals surface area contributed by atoms with E-state index in [-0.39, 0.29) is 18.3 Å². The lowest BCUT2D eigenvalue weighted by Crippen LogP contribution is -2.23. The van der Waals surface area contributed by atoms with Gasteiger partial charge >= 0.3 is 5.97 Å². The number of aromatic carboxylic acids is 1. The van der Waals surface area contributed by atoms with Gasteiger partial charge in [0.1, 0.15) is 0 Å². The maximum atomic E-state index is 10.6. The first-order chi connectivity index (χ1) is 7.67. The Hall–Kier alpha value is -1.58. The van der Waals surface area contributed by atoms with Crippen LogP contribution in [-0.2, 0) is 0 Å². The van der Waals surface area contributed by atoms with Gasteiger partial charge in [0.25, 0.3) is 0 Å². The topological polar surface area (TPSA) is 82.5 Å². The van der Waals surface area contributed by atoms with Crippen molar-refractivity contribution in [3.8, 4) is 11.8 Å². The third-order valence-electron chi connectivity index (χ3n) is 1.80. The molecule has 0 aromatic carbocycles. The number of aliphatic hydroxyl groups excluding tert-OH is 1. The number of rotatable bonds is 5. The molecule has 0 aliphatic heterocycles. The van der Waals surface area contributed by atoms with Crippen LogP contribution in [-0.4, -0.2) is 33.8 Å². The molecule has 0 saturated heterocycles. The first-order valence-electron chi connectivity index (χ1n) is 4.63. The van der Waals surface area contributed by atoms with E-state index >= 15 is 0 Å².